The predicted molar refractivity (Wildman–Crippen MR) is 100.0 cm³/mol. The molecule has 0 unspecified atom stereocenters. The van der Waals surface area contributed by atoms with Crippen molar-refractivity contribution in [3.05, 3.63) is 64.7 Å². The van der Waals surface area contributed by atoms with Crippen molar-refractivity contribution >= 4 is 5.97 Å². The van der Waals surface area contributed by atoms with E-state index in [0.717, 1.165) is 5.56 Å². The molecule has 0 heterocycles. The first-order valence-electron chi connectivity index (χ1n) is 8.42. The van der Waals surface area contributed by atoms with Crippen LogP contribution in [0.5, 0.6) is 5.75 Å². The van der Waals surface area contributed by atoms with Crippen LogP contribution in [0.15, 0.2) is 42.5 Å². The molecule has 0 aliphatic carbocycles. The Balaban J connectivity index is 2.43. The van der Waals surface area contributed by atoms with Gasteiger partial charge in [0, 0.05) is 0 Å². The van der Waals surface area contributed by atoms with Crippen molar-refractivity contribution in [2.45, 2.75) is 59.3 Å². The number of carbonyl (C=O) groups excluding carboxylic acids is 1. The molecule has 0 N–H and O–H groups in total. The third kappa shape index (κ3) is 4.25. The van der Waals surface area contributed by atoms with Gasteiger partial charge in [-0.15, -0.1) is 0 Å². The number of aryl methyl sites for hydroxylation is 1. The first-order chi connectivity index (χ1) is 11.0. The van der Waals surface area contributed by atoms with E-state index in [4.69, 9.17) is 4.74 Å². The summed E-state index contributed by atoms with van der Waals surface area (Å²) in [5.41, 5.74) is 3.85. The summed E-state index contributed by atoms with van der Waals surface area (Å²) in [5, 5.41) is 0. The quantitative estimate of drug-likeness (QED) is 0.515. The average Bonchev–Trinajstić information content (AvgIpc) is 2.45. The predicted octanol–water partition coefficient (Wildman–Crippen LogP) is 5.81. The minimum Gasteiger partial charge on any atom is -0.423 e. The zero-order chi connectivity index (χ0) is 18.1. The summed E-state index contributed by atoms with van der Waals surface area (Å²) in [6, 6.07) is 13.7. The molecular weight excluding hydrogens is 296 g/mol. The van der Waals surface area contributed by atoms with Crippen molar-refractivity contribution in [1.82, 2.24) is 0 Å². The van der Waals surface area contributed by atoms with Gasteiger partial charge in [0.2, 0.25) is 0 Å². The van der Waals surface area contributed by atoms with Crippen LogP contribution in [-0.4, -0.2) is 5.97 Å². The fraction of sp³-hybridized carbons (Fsp3) is 0.409. The number of ether oxygens (including phenoxy) is 1. The van der Waals surface area contributed by atoms with Crippen molar-refractivity contribution in [2.24, 2.45) is 0 Å². The first kappa shape index (κ1) is 18.3. The molecule has 0 bridgehead atoms. The lowest BCUT2D eigenvalue weighted by Gasteiger charge is -2.26. The van der Waals surface area contributed by atoms with Gasteiger partial charge in [-0.3, -0.25) is 0 Å². The molecule has 24 heavy (non-hydrogen) atoms. The highest BCUT2D eigenvalue weighted by molar-refractivity contribution is 5.92. The maximum atomic E-state index is 12.5. The summed E-state index contributed by atoms with van der Waals surface area (Å²) >= 11 is 0. The summed E-state index contributed by atoms with van der Waals surface area (Å²) in [4.78, 5) is 12.5. The molecule has 2 heteroatoms. The third-order valence-corrected chi connectivity index (χ3v) is 4.21. The molecule has 0 spiro atoms. The van der Waals surface area contributed by atoms with Gasteiger partial charge in [-0.25, -0.2) is 4.79 Å². The zero-order valence-corrected chi connectivity index (χ0v) is 15.9. The van der Waals surface area contributed by atoms with Gasteiger partial charge in [0.25, 0.3) is 0 Å². The van der Waals surface area contributed by atoms with E-state index in [1.807, 2.05) is 37.3 Å². The summed E-state index contributed by atoms with van der Waals surface area (Å²) < 4.78 is 5.71. The Morgan fingerprint density at radius 1 is 0.833 bits per heavy atom. The average molecular weight is 324 g/mol. The molecule has 2 aromatic rings. The zero-order valence-electron chi connectivity index (χ0n) is 15.9. The largest absolute Gasteiger partial charge is 0.423 e. The molecule has 0 amide bonds. The second-order valence-corrected chi connectivity index (χ2v) is 8.45. The van der Waals surface area contributed by atoms with Crippen LogP contribution in [0.3, 0.4) is 0 Å². The molecule has 0 aliphatic heterocycles. The molecule has 2 nitrogen and oxygen atoms in total. The normalized spacial score (nSPS) is 12.1. The summed E-state index contributed by atoms with van der Waals surface area (Å²) in [5.74, 6) is 0.305. The number of hydrogen-bond acceptors (Lipinski definition) is 2. The van der Waals surface area contributed by atoms with Crippen molar-refractivity contribution in [2.75, 3.05) is 0 Å². The van der Waals surface area contributed by atoms with Crippen LogP contribution in [0.2, 0.25) is 0 Å². The fourth-order valence-corrected chi connectivity index (χ4v) is 2.49. The van der Waals surface area contributed by atoms with Crippen molar-refractivity contribution < 1.29 is 9.53 Å². The molecule has 0 aliphatic rings. The van der Waals surface area contributed by atoms with Crippen LogP contribution in [0.1, 0.15) is 68.6 Å². The monoisotopic (exact) mass is 324 g/mol. The molecule has 2 aromatic carbocycles. The maximum absolute atomic E-state index is 12.5. The van der Waals surface area contributed by atoms with Gasteiger partial charge in [0.15, 0.2) is 0 Å². The second-order valence-electron chi connectivity index (χ2n) is 8.45. The Kier molecular flexibility index (Phi) is 4.89. The standard InChI is InChI=1S/C22H28O2/c1-15-10-8-9-11-19(15)20(23)24-18-13-16(21(2,3)4)12-17(14-18)22(5,6)7/h8-14H,1-7H3. The highest BCUT2D eigenvalue weighted by Gasteiger charge is 2.22. The van der Waals surface area contributed by atoms with Gasteiger partial charge in [-0.1, -0.05) is 65.8 Å². The Bertz CT molecular complexity index is 711. The molecule has 2 rings (SSSR count). The number of esters is 1. The lowest BCUT2D eigenvalue weighted by atomic mass is 9.80. The van der Waals surface area contributed by atoms with E-state index >= 15 is 0 Å². The van der Waals surface area contributed by atoms with Crippen molar-refractivity contribution in [1.29, 1.82) is 0 Å². The highest BCUT2D eigenvalue weighted by atomic mass is 16.5. The smallest absolute Gasteiger partial charge is 0.343 e. The van der Waals surface area contributed by atoms with Crippen molar-refractivity contribution in [3.63, 3.8) is 0 Å². The lowest BCUT2D eigenvalue weighted by Crippen LogP contribution is -2.18. The van der Waals surface area contributed by atoms with Gasteiger partial charge in [0.05, 0.1) is 5.56 Å². The number of benzene rings is 2. The molecule has 0 saturated carbocycles. The number of carbonyl (C=O) groups is 1. The van der Waals surface area contributed by atoms with E-state index in [9.17, 15) is 4.79 Å². The Hall–Kier alpha value is -2.09. The molecular formula is C22H28O2. The van der Waals surface area contributed by atoms with Crippen molar-refractivity contribution in [3.8, 4) is 5.75 Å². The minimum absolute atomic E-state index is 0.00885. The molecule has 0 aromatic heterocycles. The topological polar surface area (TPSA) is 26.3 Å². The summed E-state index contributed by atoms with van der Waals surface area (Å²) in [7, 11) is 0. The van der Waals surface area contributed by atoms with Gasteiger partial charge in [-0.2, -0.15) is 0 Å². The SMILES string of the molecule is Cc1ccccc1C(=O)Oc1cc(C(C)(C)C)cc(C(C)(C)C)c1. The van der Waals surface area contributed by atoms with Crippen LogP contribution in [0.25, 0.3) is 0 Å². The molecule has 0 atom stereocenters. The van der Waals surface area contributed by atoms with E-state index in [1.165, 1.54) is 11.1 Å². The third-order valence-electron chi connectivity index (χ3n) is 4.21. The van der Waals surface area contributed by atoms with Crippen LogP contribution < -0.4 is 4.74 Å². The van der Waals surface area contributed by atoms with E-state index in [0.29, 0.717) is 11.3 Å². The molecule has 128 valence electrons. The van der Waals surface area contributed by atoms with Crippen LogP contribution >= 0.6 is 0 Å². The number of rotatable bonds is 2. The fourth-order valence-electron chi connectivity index (χ4n) is 2.49. The number of hydrogen-bond donors (Lipinski definition) is 0. The van der Waals surface area contributed by atoms with Gasteiger partial charge in [0.1, 0.15) is 5.75 Å². The maximum Gasteiger partial charge on any atom is 0.343 e. The first-order valence-corrected chi connectivity index (χ1v) is 8.42. The second kappa shape index (κ2) is 6.43. The Morgan fingerprint density at radius 3 is 1.79 bits per heavy atom. The van der Waals surface area contributed by atoms with E-state index in [1.54, 1.807) is 6.07 Å². The van der Waals surface area contributed by atoms with Crippen LogP contribution in [-0.2, 0) is 10.8 Å². The Morgan fingerprint density at radius 2 is 1.33 bits per heavy atom. The highest BCUT2D eigenvalue weighted by Crippen LogP contribution is 2.33. The van der Waals surface area contributed by atoms with Crippen LogP contribution in [0.4, 0.5) is 0 Å². The molecule has 0 fully saturated rings. The Labute approximate surface area is 145 Å². The lowest BCUT2D eigenvalue weighted by molar-refractivity contribution is 0.0733. The molecule has 0 saturated heterocycles. The van der Waals surface area contributed by atoms with Gasteiger partial charge in [-0.05, 0) is 52.6 Å². The van der Waals surface area contributed by atoms with E-state index in [2.05, 4.69) is 47.6 Å². The van der Waals surface area contributed by atoms with Crippen LogP contribution in [0, 0.1) is 6.92 Å². The minimum atomic E-state index is -0.306. The van der Waals surface area contributed by atoms with Gasteiger partial charge >= 0.3 is 5.97 Å². The van der Waals surface area contributed by atoms with Gasteiger partial charge < -0.3 is 4.74 Å². The van der Waals surface area contributed by atoms with E-state index < -0.39 is 0 Å². The summed E-state index contributed by atoms with van der Waals surface area (Å²) in [6.45, 7) is 14.9. The van der Waals surface area contributed by atoms with E-state index in [-0.39, 0.29) is 16.8 Å². The molecule has 0 radical (unpaired) electrons. The summed E-state index contributed by atoms with van der Waals surface area (Å²) in [6.07, 6.45) is 0.